The average molecular weight is 369 g/mol. The maximum atomic E-state index is 11.3. The number of sulfonamides is 1. The van der Waals surface area contributed by atoms with E-state index in [9.17, 15) is 8.42 Å². The molecule has 0 atom stereocenters. The predicted octanol–water partition coefficient (Wildman–Crippen LogP) is 3.33. The van der Waals surface area contributed by atoms with Crippen molar-refractivity contribution in [2.45, 2.75) is 25.3 Å². The lowest BCUT2D eigenvalue weighted by Gasteiger charge is -2.12. The summed E-state index contributed by atoms with van der Waals surface area (Å²) < 4.78 is 23.3. The van der Waals surface area contributed by atoms with E-state index in [2.05, 4.69) is 53.3 Å². The molecule has 21 heavy (non-hydrogen) atoms. The zero-order valence-corrected chi connectivity index (χ0v) is 14.3. The lowest BCUT2D eigenvalue weighted by molar-refractivity contribution is 0.598. The quantitative estimate of drug-likeness (QED) is 0.869. The van der Waals surface area contributed by atoms with Gasteiger partial charge in [-0.3, -0.25) is 0 Å². The highest BCUT2D eigenvalue weighted by Crippen LogP contribution is 2.26. The standard InChI is InChI=1S/C15H17BrN2O2S/c1-10-3-4-11(2)12(7-10)9-18-15-6-5-13(8-14(15)16)21(17,19)20/h3-8,18H,9H2,1-2H3,(H2,17,19,20). The summed E-state index contributed by atoms with van der Waals surface area (Å²) in [6, 6.07) is 11.0. The van der Waals surface area contributed by atoms with Crippen molar-refractivity contribution in [3.63, 3.8) is 0 Å². The molecule has 0 amide bonds. The highest BCUT2D eigenvalue weighted by Gasteiger charge is 2.10. The number of primary sulfonamides is 1. The molecule has 0 aliphatic rings. The van der Waals surface area contributed by atoms with E-state index in [-0.39, 0.29) is 4.90 Å². The van der Waals surface area contributed by atoms with Gasteiger partial charge in [-0.05, 0) is 59.1 Å². The van der Waals surface area contributed by atoms with Crippen LogP contribution >= 0.6 is 15.9 Å². The summed E-state index contributed by atoms with van der Waals surface area (Å²) in [4.78, 5) is 0.0895. The first-order chi connectivity index (χ1) is 9.77. The molecule has 0 unspecified atom stereocenters. The first-order valence-corrected chi connectivity index (χ1v) is 8.73. The van der Waals surface area contributed by atoms with E-state index in [1.807, 2.05) is 0 Å². The van der Waals surface area contributed by atoms with E-state index < -0.39 is 10.0 Å². The molecule has 2 aromatic carbocycles. The molecule has 0 spiro atoms. The number of benzene rings is 2. The van der Waals surface area contributed by atoms with Crippen molar-refractivity contribution in [1.29, 1.82) is 0 Å². The van der Waals surface area contributed by atoms with Crippen molar-refractivity contribution in [3.05, 3.63) is 57.6 Å². The van der Waals surface area contributed by atoms with Gasteiger partial charge in [0.25, 0.3) is 0 Å². The summed E-state index contributed by atoms with van der Waals surface area (Å²) in [5.74, 6) is 0. The normalized spacial score (nSPS) is 11.4. The van der Waals surface area contributed by atoms with Gasteiger partial charge in [-0.15, -0.1) is 0 Å². The summed E-state index contributed by atoms with van der Waals surface area (Å²) in [5.41, 5.74) is 4.45. The van der Waals surface area contributed by atoms with E-state index in [0.29, 0.717) is 11.0 Å². The molecule has 3 N–H and O–H groups in total. The molecule has 6 heteroatoms. The Bertz CT molecular complexity index is 773. The van der Waals surface area contributed by atoms with E-state index in [0.717, 1.165) is 5.69 Å². The fourth-order valence-electron chi connectivity index (χ4n) is 2.00. The van der Waals surface area contributed by atoms with Crippen LogP contribution in [0.4, 0.5) is 5.69 Å². The minimum absolute atomic E-state index is 0.0895. The summed E-state index contributed by atoms with van der Waals surface area (Å²) in [7, 11) is -3.68. The lowest BCUT2D eigenvalue weighted by Crippen LogP contribution is -2.12. The molecule has 2 aromatic rings. The van der Waals surface area contributed by atoms with Crippen LogP contribution in [-0.4, -0.2) is 8.42 Å². The molecule has 4 nitrogen and oxygen atoms in total. The zero-order valence-electron chi connectivity index (χ0n) is 11.9. The number of halogens is 1. The third kappa shape index (κ3) is 4.06. The van der Waals surface area contributed by atoms with Crippen LogP contribution in [0.5, 0.6) is 0 Å². The molecular weight excluding hydrogens is 352 g/mol. The van der Waals surface area contributed by atoms with Crippen LogP contribution in [0, 0.1) is 13.8 Å². The molecule has 2 rings (SSSR count). The van der Waals surface area contributed by atoms with Gasteiger partial charge < -0.3 is 5.32 Å². The Balaban J connectivity index is 2.19. The highest BCUT2D eigenvalue weighted by atomic mass is 79.9. The Morgan fingerprint density at radius 2 is 1.86 bits per heavy atom. The van der Waals surface area contributed by atoms with Crippen molar-refractivity contribution < 1.29 is 8.42 Å². The van der Waals surface area contributed by atoms with Crippen molar-refractivity contribution in [3.8, 4) is 0 Å². The third-order valence-electron chi connectivity index (χ3n) is 3.24. The van der Waals surface area contributed by atoms with Gasteiger partial charge in [-0.2, -0.15) is 0 Å². The predicted molar refractivity (Wildman–Crippen MR) is 88.8 cm³/mol. The second-order valence-corrected chi connectivity index (χ2v) is 7.39. The van der Waals surface area contributed by atoms with Gasteiger partial charge in [-0.1, -0.05) is 23.8 Å². The smallest absolute Gasteiger partial charge is 0.238 e. The summed E-state index contributed by atoms with van der Waals surface area (Å²) in [6.07, 6.45) is 0. The Morgan fingerprint density at radius 3 is 2.48 bits per heavy atom. The van der Waals surface area contributed by atoms with Gasteiger partial charge in [-0.25, -0.2) is 13.6 Å². The molecule has 0 bridgehead atoms. The van der Waals surface area contributed by atoms with Gasteiger partial charge in [0.15, 0.2) is 0 Å². The van der Waals surface area contributed by atoms with Crippen LogP contribution in [0.3, 0.4) is 0 Å². The van der Waals surface area contributed by atoms with E-state index >= 15 is 0 Å². The molecule has 0 radical (unpaired) electrons. The van der Waals surface area contributed by atoms with Gasteiger partial charge in [0, 0.05) is 16.7 Å². The molecule has 0 aromatic heterocycles. The Kier molecular flexibility index (Phi) is 4.70. The number of aryl methyl sites for hydroxylation is 2. The maximum absolute atomic E-state index is 11.3. The van der Waals surface area contributed by atoms with E-state index in [4.69, 9.17) is 5.14 Å². The second-order valence-electron chi connectivity index (χ2n) is 4.97. The molecule has 0 heterocycles. The van der Waals surface area contributed by atoms with Crippen molar-refractivity contribution in [2.24, 2.45) is 5.14 Å². The Hall–Kier alpha value is -1.37. The molecule has 0 saturated heterocycles. The third-order valence-corrected chi connectivity index (χ3v) is 4.81. The van der Waals surface area contributed by atoms with Crippen molar-refractivity contribution in [1.82, 2.24) is 0 Å². The summed E-state index contributed by atoms with van der Waals surface area (Å²) >= 11 is 3.36. The largest absolute Gasteiger partial charge is 0.380 e. The lowest BCUT2D eigenvalue weighted by atomic mass is 10.1. The minimum atomic E-state index is -3.68. The van der Waals surface area contributed by atoms with Gasteiger partial charge in [0.2, 0.25) is 10.0 Å². The molecule has 0 aliphatic carbocycles. The number of nitrogens with two attached hydrogens (primary N) is 1. The fraction of sp³-hybridized carbons (Fsp3) is 0.200. The minimum Gasteiger partial charge on any atom is -0.380 e. The van der Waals surface area contributed by atoms with Crippen LogP contribution in [0.15, 0.2) is 45.8 Å². The highest BCUT2D eigenvalue weighted by molar-refractivity contribution is 9.10. The van der Waals surface area contributed by atoms with Gasteiger partial charge in [0.1, 0.15) is 0 Å². The molecular formula is C15H17BrN2O2S. The van der Waals surface area contributed by atoms with Crippen LogP contribution < -0.4 is 10.5 Å². The SMILES string of the molecule is Cc1ccc(C)c(CNc2ccc(S(N)(=O)=O)cc2Br)c1. The number of rotatable bonds is 4. The van der Waals surface area contributed by atoms with Crippen LogP contribution in [0.1, 0.15) is 16.7 Å². The number of hydrogen-bond acceptors (Lipinski definition) is 3. The van der Waals surface area contributed by atoms with Crippen molar-refractivity contribution in [2.75, 3.05) is 5.32 Å². The second kappa shape index (κ2) is 6.17. The molecule has 112 valence electrons. The van der Waals surface area contributed by atoms with E-state index in [1.165, 1.54) is 28.8 Å². The van der Waals surface area contributed by atoms with Crippen LogP contribution in [0.2, 0.25) is 0 Å². The van der Waals surface area contributed by atoms with Crippen LogP contribution in [-0.2, 0) is 16.6 Å². The van der Waals surface area contributed by atoms with Gasteiger partial charge >= 0.3 is 0 Å². The summed E-state index contributed by atoms with van der Waals surface area (Å²) in [5, 5.41) is 8.40. The first-order valence-electron chi connectivity index (χ1n) is 6.40. The average Bonchev–Trinajstić information content (AvgIpc) is 2.40. The Labute approximate surface area is 133 Å². The van der Waals surface area contributed by atoms with Crippen LogP contribution in [0.25, 0.3) is 0 Å². The first kappa shape index (κ1) is 16.0. The van der Waals surface area contributed by atoms with Gasteiger partial charge in [0.05, 0.1) is 4.90 Å². The monoisotopic (exact) mass is 368 g/mol. The maximum Gasteiger partial charge on any atom is 0.238 e. The fourth-order valence-corrected chi connectivity index (χ4v) is 3.21. The number of nitrogens with one attached hydrogen (secondary N) is 1. The Morgan fingerprint density at radius 1 is 1.14 bits per heavy atom. The summed E-state index contributed by atoms with van der Waals surface area (Å²) in [6.45, 7) is 4.79. The molecule has 0 saturated carbocycles. The van der Waals surface area contributed by atoms with E-state index in [1.54, 1.807) is 6.07 Å². The molecule has 0 fully saturated rings. The zero-order chi connectivity index (χ0) is 15.6. The van der Waals surface area contributed by atoms with Crippen molar-refractivity contribution >= 4 is 31.6 Å². The topological polar surface area (TPSA) is 72.2 Å². The molecule has 0 aliphatic heterocycles. The number of anilines is 1. The number of hydrogen-bond donors (Lipinski definition) is 2.